The molecule has 3 aliphatic rings. The van der Waals surface area contributed by atoms with Crippen LogP contribution in [0.15, 0.2) is 42.5 Å². The summed E-state index contributed by atoms with van der Waals surface area (Å²) in [6.07, 6.45) is 1.08. The number of anilines is 1. The molecule has 3 heterocycles. The maximum Gasteiger partial charge on any atom is 0.250 e. The van der Waals surface area contributed by atoms with Crippen LogP contribution >= 0.6 is 0 Å². The molecule has 3 amide bonds. The van der Waals surface area contributed by atoms with Crippen LogP contribution in [0.1, 0.15) is 26.7 Å². The van der Waals surface area contributed by atoms with Gasteiger partial charge in [0.1, 0.15) is 11.6 Å². The van der Waals surface area contributed by atoms with Crippen LogP contribution < -0.4 is 10.6 Å². The molecule has 1 spiro atoms. The molecule has 174 valence electrons. The van der Waals surface area contributed by atoms with Gasteiger partial charge in [-0.15, -0.1) is 0 Å². The van der Waals surface area contributed by atoms with Crippen molar-refractivity contribution in [1.82, 2.24) is 10.2 Å². The number of benzene rings is 2. The minimum atomic E-state index is -1.10. The Labute approximate surface area is 192 Å². The first-order valence-electron chi connectivity index (χ1n) is 11.4. The molecule has 0 saturated carbocycles. The summed E-state index contributed by atoms with van der Waals surface area (Å²) in [5.74, 6) is -2.40. The first-order valence-corrected chi connectivity index (χ1v) is 11.4. The van der Waals surface area contributed by atoms with Gasteiger partial charge in [-0.3, -0.25) is 14.4 Å². The van der Waals surface area contributed by atoms with E-state index in [1.165, 1.54) is 4.90 Å². The quantitative estimate of drug-likeness (QED) is 0.641. The molecule has 8 nitrogen and oxygen atoms in total. The molecule has 6 atom stereocenters. The third-order valence-corrected chi connectivity index (χ3v) is 7.75. The molecule has 5 rings (SSSR count). The Morgan fingerprint density at radius 3 is 2.61 bits per heavy atom. The number of carbonyl (C=O) groups excluding carboxylic acids is 3. The summed E-state index contributed by atoms with van der Waals surface area (Å²) in [5, 5.41) is 17.6. The number of rotatable bonds is 5. The van der Waals surface area contributed by atoms with Crippen molar-refractivity contribution in [2.45, 2.75) is 50.0 Å². The summed E-state index contributed by atoms with van der Waals surface area (Å²) in [4.78, 5) is 41.7. The van der Waals surface area contributed by atoms with Crippen LogP contribution in [0.3, 0.4) is 0 Å². The minimum Gasteiger partial charge on any atom is -0.394 e. The fourth-order valence-corrected chi connectivity index (χ4v) is 6.26. The van der Waals surface area contributed by atoms with Gasteiger partial charge in [0.15, 0.2) is 0 Å². The highest BCUT2D eigenvalue weighted by molar-refractivity contribution is 6.04. The topological polar surface area (TPSA) is 108 Å². The van der Waals surface area contributed by atoms with Crippen LogP contribution in [0, 0.1) is 11.8 Å². The summed E-state index contributed by atoms with van der Waals surface area (Å²) in [6.45, 7) is 3.26. The molecule has 3 N–H and O–H groups in total. The number of nitrogens with zero attached hydrogens (tertiary/aromatic N) is 1. The molecule has 3 saturated heterocycles. The smallest absolute Gasteiger partial charge is 0.250 e. The van der Waals surface area contributed by atoms with Gasteiger partial charge in [-0.05, 0) is 49.6 Å². The Kier molecular flexibility index (Phi) is 4.99. The molecule has 2 aromatic carbocycles. The standard InChI is InChI=1S/C25H29N3O5/c1-14(13-29)28-20(22(31)27-17-9-8-15-6-4-5-7-16(15)12-17)25-11-10-24(2,33-25)18(21(30)26-3)19(25)23(28)32/h4-9,12,14,18-20,29H,10-11,13H2,1-3H3,(H,26,30)(H,27,31)/t14-,18-,19+,20?,24+,25?/m1/s1. The number of aliphatic hydroxyl groups excluding tert-OH is 1. The Bertz CT molecular complexity index is 1150. The number of nitrogens with one attached hydrogen (secondary N) is 2. The van der Waals surface area contributed by atoms with E-state index in [-0.39, 0.29) is 24.3 Å². The van der Waals surface area contributed by atoms with Gasteiger partial charge < -0.3 is 25.4 Å². The summed E-state index contributed by atoms with van der Waals surface area (Å²) in [7, 11) is 1.54. The van der Waals surface area contributed by atoms with E-state index in [1.54, 1.807) is 14.0 Å². The highest BCUT2D eigenvalue weighted by Crippen LogP contribution is 2.63. The highest BCUT2D eigenvalue weighted by Gasteiger charge is 2.78. The van der Waals surface area contributed by atoms with Crippen molar-refractivity contribution in [2.24, 2.45) is 11.8 Å². The van der Waals surface area contributed by atoms with Crippen molar-refractivity contribution in [2.75, 3.05) is 19.0 Å². The SMILES string of the molecule is CNC(=O)[C@H]1[C@H]2C(=O)N([C@H](C)CO)C(C(=O)Nc3ccc4ccccc4c3)C23CC[C@]1(C)O3. The van der Waals surface area contributed by atoms with E-state index in [0.29, 0.717) is 18.5 Å². The van der Waals surface area contributed by atoms with Gasteiger partial charge in [0.2, 0.25) is 17.7 Å². The fourth-order valence-electron chi connectivity index (χ4n) is 6.26. The average molecular weight is 452 g/mol. The van der Waals surface area contributed by atoms with E-state index in [4.69, 9.17) is 4.74 Å². The van der Waals surface area contributed by atoms with E-state index >= 15 is 0 Å². The predicted octanol–water partition coefficient (Wildman–Crippen LogP) is 1.67. The van der Waals surface area contributed by atoms with Gasteiger partial charge >= 0.3 is 0 Å². The maximum absolute atomic E-state index is 13.7. The van der Waals surface area contributed by atoms with Crippen molar-refractivity contribution < 1.29 is 24.2 Å². The second-order valence-electron chi connectivity index (χ2n) is 9.67. The summed E-state index contributed by atoms with van der Waals surface area (Å²) >= 11 is 0. The Morgan fingerprint density at radius 2 is 1.91 bits per heavy atom. The molecule has 2 bridgehead atoms. The average Bonchev–Trinajstić information content (AvgIpc) is 3.38. The van der Waals surface area contributed by atoms with Crippen molar-refractivity contribution in [3.8, 4) is 0 Å². The second-order valence-corrected chi connectivity index (χ2v) is 9.67. The Balaban J connectivity index is 1.54. The largest absolute Gasteiger partial charge is 0.394 e. The zero-order valence-electron chi connectivity index (χ0n) is 19.0. The zero-order valence-corrected chi connectivity index (χ0v) is 19.0. The normalized spacial score (nSPS) is 33.3. The van der Waals surface area contributed by atoms with E-state index in [9.17, 15) is 19.5 Å². The van der Waals surface area contributed by atoms with Gasteiger partial charge in [-0.1, -0.05) is 30.3 Å². The molecule has 0 radical (unpaired) electrons. The summed E-state index contributed by atoms with van der Waals surface area (Å²) in [5.41, 5.74) is -1.30. The van der Waals surface area contributed by atoms with E-state index < -0.39 is 35.1 Å². The lowest BCUT2D eigenvalue weighted by molar-refractivity contribution is -0.147. The number of carbonyl (C=O) groups is 3. The lowest BCUT2D eigenvalue weighted by Gasteiger charge is -2.35. The summed E-state index contributed by atoms with van der Waals surface area (Å²) < 4.78 is 6.48. The van der Waals surface area contributed by atoms with Crippen LogP contribution in [-0.4, -0.2) is 64.7 Å². The molecular formula is C25H29N3O5. The minimum absolute atomic E-state index is 0.260. The van der Waals surface area contributed by atoms with Gasteiger partial charge in [-0.25, -0.2) is 0 Å². The van der Waals surface area contributed by atoms with Gasteiger partial charge in [0, 0.05) is 12.7 Å². The van der Waals surface area contributed by atoms with Crippen molar-refractivity contribution >= 4 is 34.2 Å². The molecular weight excluding hydrogens is 422 g/mol. The van der Waals surface area contributed by atoms with E-state index in [2.05, 4.69) is 10.6 Å². The number of fused-ring (bicyclic) bond motifs is 2. The van der Waals surface area contributed by atoms with Crippen LogP contribution in [0.2, 0.25) is 0 Å². The van der Waals surface area contributed by atoms with Crippen LogP contribution in [0.4, 0.5) is 5.69 Å². The van der Waals surface area contributed by atoms with Gasteiger partial charge in [0.25, 0.3) is 0 Å². The summed E-state index contributed by atoms with van der Waals surface area (Å²) in [6, 6.07) is 12.0. The number of aliphatic hydroxyl groups is 1. The number of likely N-dealkylation sites (tertiary alicyclic amines) is 1. The van der Waals surface area contributed by atoms with Gasteiger partial charge in [-0.2, -0.15) is 0 Å². The zero-order chi connectivity index (χ0) is 23.5. The Hall–Kier alpha value is -2.97. The number of hydrogen-bond acceptors (Lipinski definition) is 5. The second kappa shape index (κ2) is 7.53. The van der Waals surface area contributed by atoms with E-state index in [1.807, 2.05) is 49.4 Å². The van der Waals surface area contributed by atoms with Crippen molar-refractivity contribution in [1.29, 1.82) is 0 Å². The lowest BCUT2D eigenvalue weighted by Crippen LogP contribution is -2.55. The molecule has 8 heteroatoms. The third kappa shape index (κ3) is 3.00. The number of hydrogen-bond donors (Lipinski definition) is 3. The van der Waals surface area contributed by atoms with Crippen molar-refractivity contribution in [3.63, 3.8) is 0 Å². The van der Waals surface area contributed by atoms with Crippen LogP contribution in [0.25, 0.3) is 10.8 Å². The lowest BCUT2D eigenvalue weighted by atomic mass is 9.66. The predicted molar refractivity (Wildman–Crippen MR) is 122 cm³/mol. The van der Waals surface area contributed by atoms with E-state index in [0.717, 1.165) is 10.8 Å². The van der Waals surface area contributed by atoms with Gasteiger partial charge in [0.05, 0.1) is 30.1 Å². The number of amides is 3. The molecule has 0 aliphatic carbocycles. The van der Waals surface area contributed by atoms with Crippen LogP contribution in [-0.2, 0) is 19.1 Å². The molecule has 3 aliphatic heterocycles. The number of ether oxygens (including phenoxy) is 1. The molecule has 33 heavy (non-hydrogen) atoms. The first-order chi connectivity index (χ1) is 15.8. The highest BCUT2D eigenvalue weighted by atomic mass is 16.5. The molecule has 3 fully saturated rings. The monoisotopic (exact) mass is 451 g/mol. The molecule has 2 unspecified atom stereocenters. The molecule has 0 aromatic heterocycles. The first kappa shape index (κ1) is 21.9. The third-order valence-electron chi connectivity index (χ3n) is 7.75. The molecule has 2 aromatic rings. The van der Waals surface area contributed by atoms with Crippen molar-refractivity contribution in [3.05, 3.63) is 42.5 Å². The Morgan fingerprint density at radius 1 is 1.18 bits per heavy atom. The fraction of sp³-hybridized carbons (Fsp3) is 0.480. The van der Waals surface area contributed by atoms with Crippen LogP contribution in [0.5, 0.6) is 0 Å². The maximum atomic E-state index is 13.7.